The van der Waals surface area contributed by atoms with Crippen LogP contribution in [0, 0.1) is 3.57 Å². The van der Waals surface area contributed by atoms with Crippen LogP contribution in [0.1, 0.15) is 17.4 Å². The van der Waals surface area contributed by atoms with E-state index < -0.39 is 11.8 Å². The second kappa shape index (κ2) is 5.06. The van der Waals surface area contributed by atoms with Gasteiger partial charge in [0, 0.05) is 7.05 Å². The number of hydrogen-bond acceptors (Lipinski definition) is 4. The van der Waals surface area contributed by atoms with Crippen LogP contribution in [-0.2, 0) is 16.6 Å². The molecule has 0 unspecified atom stereocenters. The zero-order valence-corrected chi connectivity index (χ0v) is 11.8. The van der Waals surface area contributed by atoms with Crippen LogP contribution in [0.2, 0.25) is 0 Å². The van der Waals surface area contributed by atoms with Gasteiger partial charge in [0.25, 0.3) is 5.78 Å². The third kappa shape index (κ3) is 2.57. The van der Waals surface area contributed by atoms with Crippen LogP contribution in [0.3, 0.4) is 0 Å². The first-order chi connectivity index (χ1) is 6.99. The number of rotatable bonds is 3. The number of hydrogen-bond donors (Lipinski definition) is 0. The maximum absolute atomic E-state index is 11.6. The van der Waals surface area contributed by atoms with E-state index in [0.717, 1.165) is 0 Å². The average Bonchev–Trinajstić information content (AvgIpc) is 2.41. The number of Topliss-reactive ketones (excluding diaryl/α,β-unsaturated/α-hetero) is 1. The molecule has 0 spiro atoms. The second-order valence-corrected chi connectivity index (χ2v) is 4.46. The summed E-state index contributed by atoms with van der Waals surface area (Å²) in [4.78, 5) is 22.9. The molecule has 0 aliphatic rings. The summed E-state index contributed by atoms with van der Waals surface area (Å²) in [5, 5.41) is 3.97. The molecule has 0 aromatic carbocycles. The fourth-order valence-corrected chi connectivity index (χ4v) is 2.13. The van der Waals surface area contributed by atoms with Gasteiger partial charge in [-0.2, -0.15) is 5.10 Å². The fraction of sp³-hybridized carbons (Fsp3) is 0.375. The summed E-state index contributed by atoms with van der Waals surface area (Å²) in [6, 6.07) is 0. The summed E-state index contributed by atoms with van der Waals surface area (Å²) < 4.78 is 7.13. The minimum atomic E-state index is -0.856. The molecule has 0 atom stereocenters. The van der Waals surface area contributed by atoms with E-state index in [1.54, 1.807) is 14.0 Å². The lowest BCUT2D eigenvalue weighted by molar-refractivity contribution is -0.137. The Balaban J connectivity index is 3.06. The highest BCUT2D eigenvalue weighted by molar-refractivity contribution is 14.1. The normalized spacial score (nSPS) is 10.1. The quantitative estimate of drug-likeness (QED) is 0.342. The number of aryl methyl sites for hydroxylation is 1. The molecular weight excluding hydrogens is 379 g/mol. The van der Waals surface area contributed by atoms with Crippen LogP contribution in [0.4, 0.5) is 0 Å². The zero-order valence-electron chi connectivity index (χ0n) is 8.08. The average molecular weight is 387 g/mol. The highest BCUT2D eigenvalue weighted by atomic mass is 127. The fourth-order valence-electron chi connectivity index (χ4n) is 1.01. The molecule has 7 heteroatoms. The Morgan fingerprint density at radius 1 is 1.60 bits per heavy atom. The van der Waals surface area contributed by atoms with Crippen molar-refractivity contribution < 1.29 is 14.3 Å². The van der Waals surface area contributed by atoms with Gasteiger partial charge in [0.05, 0.1) is 10.2 Å². The molecule has 5 nitrogen and oxygen atoms in total. The van der Waals surface area contributed by atoms with Gasteiger partial charge in [-0.25, -0.2) is 4.79 Å². The van der Waals surface area contributed by atoms with E-state index >= 15 is 0 Å². The Hall–Kier alpha value is -0.440. The molecule has 1 aromatic heterocycles. The minimum Gasteiger partial charge on any atom is -0.460 e. The summed E-state index contributed by atoms with van der Waals surface area (Å²) in [5.41, 5.74) is 0.237. The molecule has 0 bridgehead atoms. The standard InChI is InChI=1S/C8H8BrIN2O3/c1-3-15-8(14)6(13)5-4(10)7(9)11-12(5)2/h3H2,1-2H3. The van der Waals surface area contributed by atoms with E-state index in [9.17, 15) is 9.59 Å². The molecule has 0 fully saturated rings. The minimum absolute atomic E-state index is 0.181. The number of ketones is 1. The Labute approximate surface area is 108 Å². The lowest BCUT2D eigenvalue weighted by atomic mass is 10.3. The molecule has 0 saturated heterocycles. The van der Waals surface area contributed by atoms with Gasteiger partial charge in [-0.3, -0.25) is 9.48 Å². The molecule has 15 heavy (non-hydrogen) atoms. The molecule has 1 aromatic rings. The SMILES string of the molecule is CCOC(=O)C(=O)c1c(I)c(Br)nn1C. The van der Waals surface area contributed by atoms with E-state index in [1.807, 2.05) is 22.6 Å². The van der Waals surface area contributed by atoms with Crippen molar-refractivity contribution in [1.29, 1.82) is 0 Å². The lowest BCUT2D eigenvalue weighted by Crippen LogP contribution is -2.21. The maximum Gasteiger partial charge on any atom is 0.381 e. The van der Waals surface area contributed by atoms with Gasteiger partial charge in [0.2, 0.25) is 0 Å². The van der Waals surface area contributed by atoms with Crippen molar-refractivity contribution in [1.82, 2.24) is 9.78 Å². The van der Waals surface area contributed by atoms with Gasteiger partial charge in [-0.05, 0) is 45.4 Å². The van der Waals surface area contributed by atoms with Gasteiger partial charge >= 0.3 is 5.97 Å². The second-order valence-electron chi connectivity index (χ2n) is 2.63. The van der Waals surface area contributed by atoms with Crippen molar-refractivity contribution in [3.63, 3.8) is 0 Å². The van der Waals surface area contributed by atoms with Gasteiger partial charge < -0.3 is 4.74 Å². The molecule has 0 aliphatic heterocycles. The summed E-state index contributed by atoms with van der Waals surface area (Å²) in [7, 11) is 1.60. The number of carbonyl (C=O) groups is 2. The summed E-state index contributed by atoms with van der Waals surface area (Å²) >= 11 is 5.12. The van der Waals surface area contributed by atoms with Crippen molar-refractivity contribution in [3.8, 4) is 0 Å². The van der Waals surface area contributed by atoms with Crippen molar-refractivity contribution in [3.05, 3.63) is 13.9 Å². The topological polar surface area (TPSA) is 61.2 Å². The smallest absolute Gasteiger partial charge is 0.381 e. The first kappa shape index (κ1) is 12.6. The number of aromatic nitrogens is 2. The van der Waals surface area contributed by atoms with Gasteiger partial charge in [0.1, 0.15) is 10.3 Å². The predicted molar refractivity (Wildman–Crippen MR) is 64.6 cm³/mol. The lowest BCUT2D eigenvalue weighted by Gasteiger charge is -2.01. The van der Waals surface area contributed by atoms with E-state index in [-0.39, 0.29) is 12.3 Å². The van der Waals surface area contributed by atoms with E-state index in [0.29, 0.717) is 8.17 Å². The molecule has 82 valence electrons. The Morgan fingerprint density at radius 3 is 2.60 bits per heavy atom. The Kier molecular flexibility index (Phi) is 4.26. The zero-order chi connectivity index (χ0) is 11.6. The number of halogens is 2. The first-order valence-electron chi connectivity index (χ1n) is 4.08. The largest absolute Gasteiger partial charge is 0.460 e. The highest BCUT2D eigenvalue weighted by Gasteiger charge is 2.25. The number of nitrogens with zero attached hydrogens (tertiary/aromatic N) is 2. The van der Waals surface area contributed by atoms with Crippen LogP contribution in [0.15, 0.2) is 4.60 Å². The molecule has 1 heterocycles. The van der Waals surface area contributed by atoms with Crippen molar-refractivity contribution in [2.24, 2.45) is 7.05 Å². The third-order valence-electron chi connectivity index (χ3n) is 1.63. The predicted octanol–water partition coefficient (Wildman–Crippen LogP) is 1.53. The van der Waals surface area contributed by atoms with Crippen LogP contribution in [0.5, 0.6) is 0 Å². The van der Waals surface area contributed by atoms with E-state index in [1.165, 1.54) is 4.68 Å². The van der Waals surface area contributed by atoms with Crippen molar-refractivity contribution in [2.75, 3.05) is 6.61 Å². The summed E-state index contributed by atoms with van der Waals surface area (Å²) in [6.07, 6.45) is 0. The van der Waals surface area contributed by atoms with Crippen LogP contribution >= 0.6 is 38.5 Å². The van der Waals surface area contributed by atoms with Gasteiger partial charge in [-0.1, -0.05) is 0 Å². The van der Waals surface area contributed by atoms with Gasteiger partial charge in [-0.15, -0.1) is 0 Å². The Morgan fingerprint density at radius 2 is 2.20 bits per heavy atom. The van der Waals surface area contributed by atoms with Gasteiger partial charge in [0.15, 0.2) is 0 Å². The molecule has 0 aliphatic carbocycles. The highest BCUT2D eigenvalue weighted by Crippen LogP contribution is 2.21. The molecular formula is C8H8BrIN2O3. The van der Waals surface area contributed by atoms with Crippen LogP contribution in [-0.4, -0.2) is 28.1 Å². The van der Waals surface area contributed by atoms with Crippen molar-refractivity contribution in [2.45, 2.75) is 6.92 Å². The molecule has 0 saturated carbocycles. The number of esters is 1. The van der Waals surface area contributed by atoms with Crippen LogP contribution < -0.4 is 0 Å². The summed E-state index contributed by atoms with van der Waals surface area (Å²) in [6.45, 7) is 1.83. The molecule has 0 radical (unpaired) electrons. The molecule has 0 amide bonds. The third-order valence-corrected chi connectivity index (χ3v) is 3.94. The van der Waals surface area contributed by atoms with Crippen molar-refractivity contribution >= 4 is 50.3 Å². The molecule has 1 rings (SSSR count). The Bertz CT molecular complexity index is 416. The monoisotopic (exact) mass is 386 g/mol. The van der Waals surface area contributed by atoms with E-state index in [2.05, 4.69) is 25.8 Å². The number of ether oxygens (including phenoxy) is 1. The molecule has 0 N–H and O–H groups in total. The van der Waals surface area contributed by atoms with Crippen LogP contribution in [0.25, 0.3) is 0 Å². The summed E-state index contributed by atoms with van der Waals surface area (Å²) in [5.74, 6) is -1.53. The number of carbonyl (C=O) groups excluding carboxylic acids is 2. The van der Waals surface area contributed by atoms with E-state index in [4.69, 9.17) is 0 Å². The maximum atomic E-state index is 11.6. The first-order valence-corrected chi connectivity index (χ1v) is 5.95.